The molecule has 3 heteroatoms. The molecule has 1 aliphatic carbocycles. The monoisotopic (exact) mass is 236 g/mol. The number of carbonyl (C=O) groups is 1. The van der Waals surface area contributed by atoms with Crippen molar-refractivity contribution in [1.82, 2.24) is 5.32 Å². The Morgan fingerprint density at radius 3 is 2.94 bits per heavy atom. The normalized spacial score (nSPS) is 14.9. The molecule has 1 amide bonds. The molecule has 0 saturated carbocycles. The summed E-state index contributed by atoms with van der Waals surface area (Å²) in [6, 6.07) is 0. The Morgan fingerprint density at radius 1 is 1.44 bits per heavy atom. The summed E-state index contributed by atoms with van der Waals surface area (Å²) < 4.78 is 0. The highest BCUT2D eigenvalue weighted by atomic mass is 32.1. The molecule has 1 radical (unpaired) electrons. The Hall–Kier alpha value is -0.830. The summed E-state index contributed by atoms with van der Waals surface area (Å²) in [5, 5.41) is 6.14. The van der Waals surface area contributed by atoms with Crippen LogP contribution < -0.4 is 5.32 Å². The molecule has 0 saturated heterocycles. The van der Waals surface area contributed by atoms with Crippen LogP contribution in [0.3, 0.4) is 0 Å². The molecule has 0 fully saturated rings. The van der Waals surface area contributed by atoms with Crippen molar-refractivity contribution >= 4 is 17.2 Å². The van der Waals surface area contributed by atoms with E-state index in [2.05, 4.69) is 24.5 Å². The fourth-order valence-electron chi connectivity index (χ4n) is 2.00. The highest BCUT2D eigenvalue weighted by Crippen LogP contribution is 2.29. The predicted octanol–water partition coefficient (Wildman–Crippen LogP) is 2.81. The number of hydrogen-bond donors (Lipinski definition) is 1. The quantitative estimate of drug-likeness (QED) is 0.859. The average Bonchev–Trinajstić information content (AvgIpc) is 2.69. The van der Waals surface area contributed by atoms with E-state index < -0.39 is 0 Å². The molecule has 1 aromatic rings. The van der Waals surface area contributed by atoms with Crippen molar-refractivity contribution < 1.29 is 4.79 Å². The van der Waals surface area contributed by atoms with E-state index in [9.17, 15) is 4.79 Å². The van der Waals surface area contributed by atoms with Gasteiger partial charge < -0.3 is 5.32 Å². The molecule has 1 aromatic heterocycles. The highest BCUT2D eigenvalue weighted by Gasteiger charge is 2.20. The third kappa shape index (κ3) is 2.46. The van der Waals surface area contributed by atoms with Crippen LogP contribution in [0.5, 0.6) is 0 Å². The zero-order valence-corrected chi connectivity index (χ0v) is 10.7. The second-order valence-corrected chi connectivity index (χ2v) is 5.69. The zero-order valence-electron chi connectivity index (χ0n) is 9.93. The van der Waals surface area contributed by atoms with E-state index in [0.717, 1.165) is 24.9 Å². The van der Waals surface area contributed by atoms with E-state index >= 15 is 0 Å². The Balaban J connectivity index is 2.08. The zero-order chi connectivity index (χ0) is 11.5. The lowest BCUT2D eigenvalue weighted by molar-refractivity contribution is 0.0948. The fraction of sp³-hybridized carbons (Fsp3) is 0.615. The minimum atomic E-state index is 0.0631. The van der Waals surface area contributed by atoms with Crippen LogP contribution in [0.1, 0.15) is 47.5 Å². The van der Waals surface area contributed by atoms with Gasteiger partial charge in [-0.25, -0.2) is 0 Å². The molecule has 0 bridgehead atoms. The number of amides is 1. The number of hydrogen-bond acceptors (Lipinski definition) is 2. The Morgan fingerprint density at radius 2 is 2.19 bits per heavy atom. The van der Waals surface area contributed by atoms with Gasteiger partial charge in [0, 0.05) is 11.4 Å². The van der Waals surface area contributed by atoms with Crippen LogP contribution in [0, 0.1) is 11.3 Å². The molecule has 2 nitrogen and oxygen atoms in total. The highest BCUT2D eigenvalue weighted by molar-refractivity contribution is 7.10. The summed E-state index contributed by atoms with van der Waals surface area (Å²) in [5.41, 5.74) is 2.07. The first-order valence-corrected chi connectivity index (χ1v) is 6.80. The number of nitrogens with one attached hydrogen (secondary N) is 1. The van der Waals surface area contributed by atoms with Gasteiger partial charge in [-0.2, -0.15) is 0 Å². The number of thiophene rings is 1. The second kappa shape index (κ2) is 5.00. The molecule has 0 atom stereocenters. The minimum absolute atomic E-state index is 0.0631. The summed E-state index contributed by atoms with van der Waals surface area (Å²) in [5.74, 6) is 0.562. The van der Waals surface area contributed by atoms with Gasteiger partial charge in [-0.05, 0) is 37.2 Å². The lowest BCUT2D eigenvalue weighted by Crippen LogP contribution is -2.28. The maximum atomic E-state index is 11.9. The van der Waals surface area contributed by atoms with E-state index in [1.54, 1.807) is 11.3 Å². The van der Waals surface area contributed by atoms with Gasteiger partial charge in [0.1, 0.15) is 0 Å². The van der Waals surface area contributed by atoms with Crippen molar-refractivity contribution in [2.75, 3.05) is 6.54 Å². The van der Waals surface area contributed by atoms with Crippen molar-refractivity contribution in [1.29, 1.82) is 0 Å². The maximum Gasteiger partial charge on any atom is 0.253 e. The van der Waals surface area contributed by atoms with E-state index in [1.807, 2.05) is 0 Å². The van der Waals surface area contributed by atoms with Gasteiger partial charge in [0.15, 0.2) is 0 Å². The van der Waals surface area contributed by atoms with Gasteiger partial charge in [0.25, 0.3) is 5.91 Å². The van der Waals surface area contributed by atoms with Gasteiger partial charge in [-0.3, -0.25) is 4.79 Å². The molecule has 2 rings (SSSR count). The largest absolute Gasteiger partial charge is 0.352 e. The Labute approximate surface area is 101 Å². The molecule has 1 aliphatic rings. The van der Waals surface area contributed by atoms with E-state index in [0.29, 0.717) is 5.92 Å². The van der Waals surface area contributed by atoms with Crippen LogP contribution in [0.2, 0.25) is 0 Å². The van der Waals surface area contributed by atoms with Gasteiger partial charge >= 0.3 is 0 Å². The number of carbonyl (C=O) groups excluding carboxylic acids is 1. The third-order valence-electron chi connectivity index (χ3n) is 2.89. The van der Waals surface area contributed by atoms with Crippen molar-refractivity contribution in [3.8, 4) is 0 Å². The lowest BCUT2D eigenvalue weighted by atomic mass is 9.95. The maximum absolute atomic E-state index is 11.9. The first-order chi connectivity index (χ1) is 7.68. The molecule has 1 N–H and O–H groups in total. The average molecular weight is 236 g/mol. The summed E-state index contributed by atoms with van der Waals surface area (Å²) in [6.07, 6.45) is 4.66. The molecular formula is C13H18NOS. The second-order valence-electron chi connectivity index (χ2n) is 4.79. The Kier molecular flexibility index (Phi) is 3.64. The molecular weight excluding hydrogens is 218 g/mol. The number of aryl methyl sites for hydroxylation is 1. The molecule has 16 heavy (non-hydrogen) atoms. The first-order valence-electron chi connectivity index (χ1n) is 5.99. The Bertz CT molecular complexity index is 381. The smallest absolute Gasteiger partial charge is 0.253 e. The molecule has 0 aliphatic heterocycles. The van der Waals surface area contributed by atoms with Gasteiger partial charge in [-0.1, -0.05) is 13.8 Å². The SMILES string of the molecule is CC(C)CNC(=O)c1[c]sc2c1CCCC2. The summed E-state index contributed by atoms with van der Waals surface area (Å²) in [6.45, 7) is 4.96. The van der Waals surface area contributed by atoms with Crippen LogP contribution in [0.4, 0.5) is 0 Å². The van der Waals surface area contributed by atoms with Gasteiger partial charge in [0.2, 0.25) is 0 Å². The van der Waals surface area contributed by atoms with E-state index in [4.69, 9.17) is 0 Å². The molecule has 1 heterocycles. The molecule has 0 unspecified atom stereocenters. The molecule has 0 spiro atoms. The van der Waals surface area contributed by atoms with Gasteiger partial charge in [-0.15, -0.1) is 11.3 Å². The van der Waals surface area contributed by atoms with Crippen molar-refractivity contribution in [3.63, 3.8) is 0 Å². The van der Waals surface area contributed by atoms with E-state index in [-0.39, 0.29) is 5.91 Å². The number of fused-ring (bicyclic) bond motifs is 1. The van der Waals surface area contributed by atoms with Crippen LogP contribution in [0.15, 0.2) is 0 Å². The fourth-order valence-corrected chi connectivity index (χ4v) is 3.01. The first kappa shape index (κ1) is 11.6. The summed E-state index contributed by atoms with van der Waals surface area (Å²) in [7, 11) is 0. The van der Waals surface area contributed by atoms with Crippen LogP contribution >= 0.6 is 11.3 Å². The van der Waals surface area contributed by atoms with E-state index in [1.165, 1.54) is 23.3 Å². The predicted molar refractivity (Wildman–Crippen MR) is 67.0 cm³/mol. The summed E-state index contributed by atoms with van der Waals surface area (Å²) in [4.78, 5) is 13.3. The number of rotatable bonds is 3. The van der Waals surface area contributed by atoms with Crippen LogP contribution in [-0.4, -0.2) is 12.5 Å². The standard InChI is InChI=1S/C13H18NOS/c1-9(2)7-14-13(15)11-8-16-12-6-4-3-5-10(11)12/h9H,3-7H2,1-2H3,(H,14,15). The topological polar surface area (TPSA) is 29.1 Å². The molecule has 87 valence electrons. The molecule has 0 aromatic carbocycles. The van der Waals surface area contributed by atoms with Crippen LogP contribution in [0.25, 0.3) is 0 Å². The van der Waals surface area contributed by atoms with Crippen molar-refractivity contribution in [2.45, 2.75) is 39.5 Å². The third-order valence-corrected chi connectivity index (χ3v) is 3.90. The summed E-state index contributed by atoms with van der Waals surface area (Å²) >= 11 is 1.63. The van der Waals surface area contributed by atoms with Crippen molar-refractivity contribution in [2.24, 2.45) is 5.92 Å². The van der Waals surface area contributed by atoms with Crippen molar-refractivity contribution in [3.05, 3.63) is 21.4 Å². The van der Waals surface area contributed by atoms with Gasteiger partial charge in [0.05, 0.1) is 10.9 Å². The lowest BCUT2D eigenvalue weighted by Gasteiger charge is -2.13. The van der Waals surface area contributed by atoms with Crippen LogP contribution in [-0.2, 0) is 12.8 Å². The minimum Gasteiger partial charge on any atom is -0.352 e.